The van der Waals surface area contributed by atoms with Gasteiger partial charge in [-0.05, 0) is 48.7 Å². The highest BCUT2D eigenvalue weighted by Gasteiger charge is 2.16. The van der Waals surface area contributed by atoms with Crippen molar-refractivity contribution in [1.82, 2.24) is 5.32 Å². The van der Waals surface area contributed by atoms with Gasteiger partial charge in [-0.15, -0.1) is 0 Å². The molecule has 27 heavy (non-hydrogen) atoms. The molecule has 0 aromatic heterocycles. The summed E-state index contributed by atoms with van der Waals surface area (Å²) in [6.07, 6.45) is -0.0305. The maximum atomic E-state index is 10.4. The summed E-state index contributed by atoms with van der Waals surface area (Å²) in [5, 5.41) is 23.7. The van der Waals surface area contributed by atoms with Crippen LogP contribution in [0.15, 0.2) is 30.3 Å². The Morgan fingerprint density at radius 3 is 2.30 bits per heavy atom. The van der Waals surface area contributed by atoms with E-state index in [2.05, 4.69) is 5.32 Å². The minimum Gasteiger partial charge on any atom is -0.503 e. The Morgan fingerprint density at radius 1 is 1.00 bits per heavy atom. The summed E-state index contributed by atoms with van der Waals surface area (Å²) < 4.78 is 15.6. The normalized spacial score (nSPS) is 13.1. The lowest BCUT2D eigenvalue weighted by molar-refractivity contribution is 0.170. The molecule has 0 aliphatic rings. The number of aliphatic hydroxyl groups is 1. The number of aromatic hydroxyl groups is 1. The molecular weight excluding hydrogens is 370 g/mol. The van der Waals surface area contributed by atoms with Crippen LogP contribution in [0.5, 0.6) is 23.0 Å². The van der Waals surface area contributed by atoms with Crippen LogP contribution in [0.4, 0.5) is 0 Å². The summed E-state index contributed by atoms with van der Waals surface area (Å²) >= 11 is 5.98. The van der Waals surface area contributed by atoms with Crippen molar-refractivity contribution in [2.45, 2.75) is 25.5 Å². The van der Waals surface area contributed by atoms with Gasteiger partial charge >= 0.3 is 0 Å². The molecule has 6 nitrogen and oxygen atoms in total. The van der Waals surface area contributed by atoms with Crippen molar-refractivity contribution in [3.8, 4) is 23.0 Å². The Labute approximate surface area is 164 Å². The third kappa shape index (κ3) is 5.42. The molecular formula is C20H26ClNO5. The molecule has 0 bridgehead atoms. The third-order valence-corrected chi connectivity index (χ3v) is 4.59. The zero-order chi connectivity index (χ0) is 20.0. The SMILES string of the molecule is COc1ccc(CC(C)NCC(O)c2cc(Cl)c(O)c(OC)c2)cc1OC. The van der Waals surface area contributed by atoms with Crippen LogP contribution in [-0.4, -0.2) is 44.1 Å². The smallest absolute Gasteiger partial charge is 0.176 e. The van der Waals surface area contributed by atoms with Crippen LogP contribution in [0.2, 0.25) is 5.02 Å². The predicted octanol–water partition coefficient (Wildman–Crippen LogP) is 3.33. The molecule has 7 heteroatoms. The summed E-state index contributed by atoms with van der Waals surface area (Å²) in [6, 6.07) is 9.03. The second-order valence-corrected chi connectivity index (χ2v) is 6.68. The Bertz CT molecular complexity index is 768. The molecule has 3 N–H and O–H groups in total. The highest BCUT2D eigenvalue weighted by Crippen LogP contribution is 2.36. The van der Waals surface area contributed by atoms with E-state index in [4.69, 9.17) is 25.8 Å². The maximum absolute atomic E-state index is 10.4. The fourth-order valence-corrected chi connectivity index (χ4v) is 3.02. The van der Waals surface area contributed by atoms with Gasteiger partial charge in [0.25, 0.3) is 0 Å². The molecule has 0 spiro atoms. The first-order valence-electron chi connectivity index (χ1n) is 8.58. The van der Waals surface area contributed by atoms with E-state index in [9.17, 15) is 10.2 Å². The molecule has 2 rings (SSSR count). The van der Waals surface area contributed by atoms with Crippen LogP contribution in [0.1, 0.15) is 24.2 Å². The Balaban J connectivity index is 1.97. The van der Waals surface area contributed by atoms with Crippen molar-refractivity contribution < 1.29 is 24.4 Å². The number of benzene rings is 2. The second-order valence-electron chi connectivity index (χ2n) is 6.27. The first kappa shape index (κ1) is 21.2. The highest BCUT2D eigenvalue weighted by molar-refractivity contribution is 6.32. The van der Waals surface area contributed by atoms with Crippen LogP contribution in [0.3, 0.4) is 0 Å². The van der Waals surface area contributed by atoms with Gasteiger partial charge in [-0.3, -0.25) is 0 Å². The first-order chi connectivity index (χ1) is 12.9. The van der Waals surface area contributed by atoms with E-state index in [1.165, 1.54) is 13.2 Å². The number of rotatable bonds is 9. The Kier molecular flexibility index (Phi) is 7.59. The average Bonchev–Trinajstić information content (AvgIpc) is 2.67. The van der Waals surface area contributed by atoms with Crippen molar-refractivity contribution >= 4 is 11.6 Å². The van der Waals surface area contributed by atoms with Crippen LogP contribution < -0.4 is 19.5 Å². The number of nitrogens with one attached hydrogen (secondary N) is 1. The maximum Gasteiger partial charge on any atom is 0.176 e. The quantitative estimate of drug-likeness (QED) is 0.604. The van der Waals surface area contributed by atoms with E-state index in [1.54, 1.807) is 20.3 Å². The largest absolute Gasteiger partial charge is 0.503 e. The number of hydrogen-bond acceptors (Lipinski definition) is 6. The molecule has 0 heterocycles. The minimum absolute atomic E-state index is 0.118. The highest BCUT2D eigenvalue weighted by atomic mass is 35.5. The van der Waals surface area contributed by atoms with Crippen LogP contribution in [-0.2, 0) is 6.42 Å². The van der Waals surface area contributed by atoms with Crippen molar-refractivity contribution in [3.05, 3.63) is 46.5 Å². The minimum atomic E-state index is -0.787. The number of aliphatic hydroxyl groups excluding tert-OH is 1. The van der Waals surface area contributed by atoms with Gasteiger partial charge in [-0.2, -0.15) is 0 Å². The van der Waals surface area contributed by atoms with Gasteiger partial charge in [0.05, 0.1) is 32.5 Å². The lowest BCUT2D eigenvalue weighted by Crippen LogP contribution is -2.32. The molecule has 2 atom stereocenters. The van der Waals surface area contributed by atoms with Crippen molar-refractivity contribution in [2.75, 3.05) is 27.9 Å². The zero-order valence-electron chi connectivity index (χ0n) is 16.0. The Hall–Kier alpha value is -2.15. The summed E-state index contributed by atoms with van der Waals surface area (Å²) in [5.74, 6) is 1.48. The molecule has 0 fully saturated rings. The molecule has 2 unspecified atom stereocenters. The molecule has 148 valence electrons. The van der Waals surface area contributed by atoms with Crippen LogP contribution >= 0.6 is 11.6 Å². The molecule has 0 radical (unpaired) electrons. The molecule has 2 aromatic carbocycles. The Morgan fingerprint density at radius 2 is 1.67 bits per heavy atom. The number of ether oxygens (including phenoxy) is 3. The first-order valence-corrected chi connectivity index (χ1v) is 8.96. The van der Waals surface area contributed by atoms with E-state index >= 15 is 0 Å². The average molecular weight is 396 g/mol. The van der Waals surface area contributed by atoms with Crippen molar-refractivity contribution in [3.63, 3.8) is 0 Å². The molecule has 0 aliphatic heterocycles. The zero-order valence-corrected chi connectivity index (χ0v) is 16.7. The summed E-state index contributed by atoms with van der Waals surface area (Å²) in [7, 11) is 4.65. The number of phenolic OH excluding ortho intramolecular Hbond substituents is 1. The fourth-order valence-electron chi connectivity index (χ4n) is 2.81. The van der Waals surface area contributed by atoms with Gasteiger partial charge < -0.3 is 29.7 Å². The van der Waals surface area contributed by atoms with E-state index < -0.39 is 6.10 Å². The monoisotopic (exact) mass is 395 g/mol. The number of phenols is 1. The lowest BCUT2D eigenvalue weighted by Gasteiger charge is -2.19. The van der Waals surface area contributed by atoms with Crippen LogP contribution in [0, 0.1) is 0 Å². The van der Waals surface area contributed by atoms with Gasteiger partial charge in [0.15, 0.2) is 23.0 Å². The predicted molar refractivity (Wildman–Crippen MR) is 105 cm³/mol. The molecule has 0 saturated heterocycles. The van der Waals surface area contributed by atoms with Crippen LogP contribution in [0.25, 0.3) is 0 Å². The number of hydrogen-bond donors (Lipinski definition) is 3. The summed E-state index contributed by atoms with van der Waals surface area (Å²) in [5.41, 5.74) is 1.66. The standard InChI is InChI=1S/C20H26ClNO5/c1-12(7-13-5-6-17(25-2)18(8-13)26-3)22-11-16(23)14-9-15(21)20(24)19(10-14)27-4/h5-6,8-10,12,16,22-24H,7,11H2,1-4H3. The van der Waals surface area contributed by atoms with Gasteiger partial charge in [0.2, 0.25) is 0 Å². The van der Waals surface area contributed by atoms with Gasteiger partial charge in [0, 0.05) is 12.6 Å². The molecule has 0 amide bonds. The fraction of sp³-hybridized carbons (Fsp3) is 0.400. The van der Waals surface area contributed by atoms with E-state index in [1.807, 2.05) is 25.1 Å². The molecule has 0 saturated carbocycles. The van der Waals surface area contributed by atoms with E-state index in [-0.39, 0.29) is 22.6 Å². The van der Waals surface area contributed by atoms with Gasteiger partial charge in [-0.25, -0.2) is 0 Å². The number of methoxy groups -OCH3 is 3. The van der Waals surface area contributed by atoms with Crippen molar-refractivity contribution in [1.29, 1.82) is 0 Å². The van der Waals surface area contributed by atoms with Crippen molar-refractivity contribution in [2.24, 2.45) is 0 Å². The third-order valence-electron chi connectivity index (χ3n) is 4.30. The van der Waals surface area contributed by atoms with Gasteiger partial charge in [-0.1, -0.05) is 17.7 Å². The molecule has 0 aliphatic carbocycles. The summed E-state index contributed by atoms with van der Waals surface area (Å²) in [6.45, 7) is 2.37. The summed E-state index contributed by atoms with van der Waals surface area (Å²) in [4.78, 5) is 0. The molecule has 2 aromatic rings. The van der Waals surface area contributed by atoms with Gasteiger partial charge in [0.1, 0.15) is 0 Å². The topological polar surface area (TPSA) is 80.2 Å². The van der Waals surface area contributed by atoms with E-state index in [0.29, 0.717) is 23.6 Å². The van der Waals surface area contributed by atoms with E-state index in [0.717, 1.165) is 12.0 Å². The lowest BCUT2D eigenvalue weighted by atomic mass is 10.0. The number of halogens is 1. The second kappa shape index (κ2) is 9.69.